The number of nitrogens with one attached hydrogen (secondary N) is 1. The Hall–Kier alpha value is -2.27. The second-order valence-corrected chi connectivity index (χ2v) is 5.67. The van der Waals surface area contributed by atoms with E-state index in [2.05, 4.69) is 5.32 Å². The van der Waals surface area contributed by atoms with Crippen LogP contribution in [0.2, 0.25) is 0 Å². The maximum atomic E-state index is 12.1. The van der Waals surface area contributed by atoms with Gasteiger partial charge in [0.25, 0.3) is 5.91 Å². The van der Waals surface area contributed by atoms with Crippen molar-refractivity contribution < 1.29 is 18.7 Å². The zero-order chi connectivity index (χ0) is 16.1. The molecule has 23 heavy (non-hydrogen) atoms. The topological polar surface area (TPSA) is 60.7 Å². The summed E-state index contributed by atoms with van der Waals surface area (Å²) in [5.41, 5.74) is 1.26. The number of hydrogen-bond donors (Lipinski definition) is 1. The third kappa shape index (κ3) is 4.13. The fourth-order valence-electron chi connectivity index (χ4n) is 2.58. The molecule has 1 atom stereocenters. The van der Waals surface area contributed by atoms with E-state index in [9.17, 15) is 4.79 Å². The summed E-state index contributed by atoms with van der Waals surface area (Å²) < 4.78 is 16.5. The molecule has 1 amide bonds. The van der Waals surface area contributed by atoms with Crippen LogP contribution in [0.25, 0.3) is 0 Å². The van der Waals surface area contributed by atoms with Crippen LogP contribution in [-0.2, 0) is 4.74 Å². The van der Waals surface area contributed by atoms with Crippen molar-refractivity contribution in [3.05, 3.63) is 47.9 Å². The molecule has 3 rings (SSSR count). The normalized spacial score (nSPS) is 17.7. The molecule has 2 aromatic rings. The first-order chi connectivity index (χ1) is 11.2. The van der Waals surface area contributed by atoms with Crippen molar-refractivity contribution in [3.63, 3.8) is 0 Å². The summed E-state index contributed by atoms with van der Waals surface area (Å²) in [6, 6.07) is 9.00. The molecule has 5 nitrogen and oxygen atoms in total. The summed E-state index contributed by atoms with van der Waals surface area (Å²) in [5.74, 6) is 1.20. The highest BCUT2D eigenvalue weighted by atomic mass is 16.5. The van der Waals surface area contributed by atoms with Gasteiger partial charge in [0.1, 0.15) is 18.1 Å². The molecule has 122 valence electrons. The van der Waals surface area contributed by atoms with Crippen LogP contribution in [0.5, 0.6) is 5.75 Å². The van der Waals surface area contributed by atoms with E-state index in [1.807, 2.05) is 24.3 Å². The summed E-state index contributed by atoms with van der Waals surface area (Å²) in [6.07, 6.45) is 5.09. The summed E-state index contributed by atoms with van der Waals surface area (Å²) in [5, 5.41) is 2.84. The van der Waals surface area contributed by atoms with Crippen LogP contribution in [0, 0.1) is 6.92 Å². The monoisotopic (exact) mass is 315 g/mol. The van der Waals surface area contributed by atoms with Gasteiger partial charge in [0.05, 0.1) is 17.9 Å². The zero-order valence-electron chi connectivity index (χ0n) is 13.2. The molecule has 1 aliphatic rings. The highest BCUT2D eigenvalue weighted by molar-refractivity contribution is 6.04. The van der Waals surface area contributed by atoms with Crippen molar-refractivity contribution in [3.8, 4) is 5.75 Å². The summed E-state index contributed by atoms with van der Waals surface area (Å²) in [7, 11) is 0. The van der Waals surface area contributed by atoms with E-state index in [0.29, 0.717) is 17.9 Å². The van der Waals surface area contributed by atoms with Gasteiger partial charge >= 0.3 is 0 Å². The lowest BCUT2D eigenvalue weighted by Crippen LogP contribution is -2.25. The van der Waals surface area contributed by atoms with E-state index in [0.717, 1.165) is 30.9 Å². The second kappa shape index (κ2) is 7.33. The Kier molecular flexibility index (Phi) is 4.98. The zero-order valence-corrected chi connectivity index (χ0v) is 13.2. The van der Waals surface area contributed by atoms with Gasteiger partial charge in [-0.3, -0.25) is 4.79 Å². The average Bonchev–Trinajstić information content (AvgIpc) is 3.01. The van der Waals surface area contributed by atoms with Crippen LogP contribution in [0.4, 0.5) is 5.69 Å². The summed E-state index contributed by atoms with van der Waals surface area (Å²) in [6.45, 7) is 3.16. The van der Waals surface area contributed by atoms with Gasteiger partial charge in [-0.15, -0.1) is 0 Å². The Morgan fingerprint density at radius 1 is 1.26 bits per heavy atom. The average molecular weight is 315 g/mol. The maximum Gasteiger partial charge on any atom is 0.259 e. The molecule has 1 aromatic carbocycles. The molecular weight excluding hydrogens is 294 g/mol. The molecule has 1 aromatic heterocycles. The first kappa shape index (κ1) is 15.6. The van der Waals surface area contributed by atoms with Crippen LogP contribution in [-0.4, -0.2) is 25.2 Å². The molecule has 1 aliphatic heterocycles. The second-order valence-electron chi connectivity index (χ2n) is 5.67. The van der Waals surface area contributed by atoms with Crippen LogP contribution in [0.3, 0.4) is 0 Å². The fraction of sp³-hybridized carbons (Fsp3) is 0.389. The number of anilines is 1. The van der Waals surface area contributed by atoms with Crippen LogP contribution in [0.1, 0.15) is 35.4 Å². The Balaban J connectivity index is 1.52. The molecule has 0 saturated carbocycles. The van der Waals surface area contributed by atoms with Crippen molar-refractivity contribution in [2.24, 2.45) is 0 Å². The maximum absolute atomic E-state index is 12.1. The number of carbonyl (C=O) groups is 1. The largest absolute Gasteiger partial charge is 0.491 e. The van der Waals surface area contributed by atoms with Gasteiger partial charge in [0.15, 0.2) is 0 Å². The van der Waals surface area contributed by atoms with Gasteiger partial charge < -0.3 is 19.2 Å². The van der Waals surface area contributed by atoms with E-state index in [1.54, 1.807) is 13.0 Å². The summed E-state index contributed by atoms with van der Waals surface area (Å²) in [4.78, 5) is 12.1. The van der Waals surface area contributed by atoms with Crippen molar-refractivity contribution >= 4 is 11.6 Å². The molecule has 1 unspecified atom stereocenters. The molecule has 1 saturated heterocycles. The lowest BCUT2D eigenvalue weighted by atomic mass is 10.1. The van der Waals surface area contributed by atoms with E-state index in [1.165, 1.54) is 12.7 Å². The number of furan rings is 1. The van der Waals surface area contributed by atoms with Crippen molar-refractivity contribution in [2.75, 3.05) is 18.5 Å². The van der Waals surface area contributed by atoms with Crippen LogP contribution in [0.15, 0.2) is 41.0 Å². The Morgan fingerprint density at radius 2 is 2.09 bits per heavy atom. The van der Waals surface area contributed by atoms with Gasteiger partial charge in [-0.1, -0.05) is 0 Å². The summed E-state index contributed by atoms with van der Waals surface area (Å²) >= 11 is 0. The Bertz CT molecular complexity index is 641. The molecule has 0 radical (unpaired) electrons. The number of benzene rings is 1. The predicted octanol–water partition coefficient (Wildman–Crippen LogP) is 3.79. The standard InChI is InChI=1S/C18H21NO4/c1-13-17(9-11-21-13)18(20)19-14-5-7-15(8-6-14)23-12-16-4-2-3-10-22-16/h5-9,11,16H,2-4,10,12H2,1H3,(H,19,20). The molecule has 0 aliphatic carbocycles. The molecule has 1 fully saturated rings. The van der Waals surface area contributed by atoms with Crippen molar-refractivity contribution in [1.82, 2.24) is 0 Å². The number of rotatable bonds is 5. The van der Waals surface area contributed by atoms with Crippen LogP contribution >= 0.6 is 0 Å². The van der Waals surface area contributed by atoms with Crippen molar-refractivity contribution in [2.45, 2.75) is 32.3 Å². The molecule has 1 N–H and O–H groups in total. The SMILES string of the molecule is Cc1occc1C(=O)Nc1ccc(OCC2CCCCO2)cc1. The number of hydrogen-bond acceptors (Lipinski definition) is 4. The van der Waals surface area contributed by atoms with Gasteiger partial charge in [-0.05, 0) is 56.5 Å². The number of ether oxygens (including phenoxy) is 2. The number of amides is 1. The molecule has 2 heterocycles. The minimum absolute atomic E-state index is 0.180. The number of carbonyl (C=O) groups excluding carboxylic acids is 1. The number of aryl methyl sites for hydroxylation is 1. The van der Waals surface area contributed by atoms with E-state index >= 15 is 0 Å². The van der Waals surface area contributed by atoms with Gasteiger partial charge in [0, 0.05) is 12.3 Å². The molecular formula is C18H21NO4. The lowest BCUT2D eigenvalue weighted by Gasteiger charge is -2.22. The van der Waals surface area contributed by atoms with Crippen molar-refractivity contribution in [1.29, 1.82) is 0 Å². The first-order valence-electron chi connectivity index (χ1n) is 7.92. The predicted molar refractivity (Wildman–Crippen MR) is 86.9 cm³/mol. The fourth-order valence-corrected chi connectivity index (χ4v) is 2.58. The minimum atomic E-state index is -0.180. The highest BCUT2D eigenvalue weighted by Crippen LogP contribution is 2.19. The smallest absolute Gasteiger partial charge is 0.259 e. The Labute approximate surface area is 135 Å². The van der Waals surface area contributed by atoms with E-state index in [-0.39, 0.29) is 12.0 Å². The Morgan fingerprint density at radius 3 is 2.74 bits per heavy atom. The third-order valence-corrected chi connectivity index (χ3v) is 3.93. The van der Waals surface area contributed by atoms with Gasteiger partial charge in [-0.25, -0.2) is 0 Å². The highest BCUT2D eigenvalue weighted by Gasteiger charge is 2.14. The van der Waals surface area contributed by atoms with Gasteiger partial charge in [0.2, 0.25) is 0 Å². The quantitative estimate of drug-likeness (QED) is 0.912. The van der Waals surface area contributed by atoms with Gasteiger partial charge in [-0.2, -0.15) is 0 Å². The first-order valence-corrected chi connectivity index (χ1v) is 7.92. The third-order valence-electron chi connectivity index (χ3n) is 3.93. The molecule has 0 spiro atoms. The molecule has 0 bridgehead atoms. The van der Waals surface area contributed by atoms with E-state index in [4.69, 9.17) is 13.9 Å². The van der Waals surface area contributed by atoms with E-state index < -0.39 is 0 Å². The lowest BCUT2D eigenvalue weighted by molar-refractivity contribution is -0.0110. The van der Waals surface area contributed by atoms with Crippen LogP contribution < -0.4 is 10.1 Å². The molecule has 5 heteroatoms. The minimum Gasteiger partial charge on any atom is -0.491 e.